The maximum atomic E-state index is 13.0. The van der Waals surface area contributed by atoms with Gasteiger partial charge in [0.25, 0.3) is 5.91 Å². The lowest BCUT2D eigenvalue weighted by atomic mass is 9.98. The first-order chi connectivity index (χ1) is 26.8. The van der Waals surface area contributed by atoms with Gasteiger partial charge in [0.1, 0.15) is 0 Å². The number of rotatable bonds is 20. The van der Waals surface area contributed by atoms with Crippen LogP contribution in [-0.2, 0) is 11.2 Å². The Bertz CT molecular complexity index is 1690. The van der Waals surface area contributed by atoms with Crippen LogP contribution in [0.4, 0.5) is 5.69 Å². The Labute approximate surface area is 336 Å². The largest absolute Gasteiger partial charge is 0.387 e. The topological polar surface area (TPSA) is 102 Å². The van der Waals surface area contributed by atoms with Crippen LogP contribution in [0.2, 0.25) is 5.02 Å². The van der Waals surface area contributed by atoms with E-state index in [1.807, 2.05) is 87.6 Å². The molecule has 1 aromatic heterocycles. The minimum Gasteiger partial charge on any atom is -0.387 e. The molecule has 0 unspecified atom stereocenters. The number of pyridine rings is 1. The van der Waals surface area contributed by atoms with Crippen LogP contribution in [0.5, 0.6) is 0 Å². The third-order valence-corrected chi connectivity index (χ3v) is 9.19. The third kappa shape index (κ3) is 15.3. The van der Waals surface area contributed by atoms with Crippen molar-refractivity contribution in [3.8, 4) is 11.1 Å². The molecular formula is C45H66ClN7O2. The van der Waals surface area contributed by atoms with Crippen molar-refractivity contribution in [3.63, 3.8) is 0 Å². The second-order valence-corrected chi connectivity index (χ2v) is 13.4. The molecule has 0 bridgehead atoms. The molecule has 0 aliphatic carbocycles. The molecule has 0 radical (unpaired) electrons. The van der Waals surface area contributed by atoms with Crippen molar-refractivity contribution < 1.29 is 9.59 Å². The molecule has 2 amide bonds. The number of unbranched alkanes of at least 4 members (excludes halogenated alkanes) is 3. The number of aryl methyl sites for hydroxylation is 1. The molecule has 1 aliphatic rings. The van der Waals surface area contributed by atoms with E-state index in [4.69, 9.17) is 16.7 Å². The van der Waals surface area contributed by atoms with E-state index in [-0.39, 0.29) is 5.91 Å². The van der Waals surface area contributed by atoms with Gasteiger partial charge in [-0.15, -0.1) is 0 Å². The van der Waals surface area contributed by atoms with E-state index in [9.17, 15) is 9.59 Å². The summed E-state index contributed by atoms with van der Waals surface area (Å²) in [5.41, 5.74) is 8.18. The number of halogens is 1. The van der Waals surface area contributed by atoms with Crippen molar-refractivity contribution in [2.45, 2.75) is 99.8 Å². The summed E-state index contributed by atoms with van der Waals surface area (Å²) in [5.74, 6) is -0.0536. The highest BCUT2D eigenvalue weighted by Crippen LogP contribution is 2.27. The fraction of sp³-hybridized carbons (Fsp3) is 0.467. The highest BCUT2D eigenvalue weighted by atomic mass is 35.5. The van der Waals surface area contributed by atoms with Crippen molar-refractivity contribution in [1.29, 1.82) is 0 Å². The first-order valence-electron chi connectivity index (χ1n) is 20.3. The summed E-state index contributed by atoms with van der Waals surface area (Å²) in [6, 6.07) is 15.9. The molecule has 300 valence electrons. The van der Waals surface area contributed by atoms with Gasteiger partial charge >= 0.3 is 0 Å². The van der Waals surface area contributed by atoms with Gasteiger partial charge < -0.3 is 20.9 Å². The van der Waals surface area contributed by atoms with Crippen LogP contribution in [0.3, 0.4) is 0 Å². The summed E-state index contributed by atoms with van der Waals surface area (Å²) in [7, 11) is 1.88. The molecule has 2 aromatic carbocycles. The van der Waals surface area contributed by atoms with E-state index >= 15 is 0 Å². The molecule has 4 rings (SSSR count). The maximum absolute atomic E-state index is 13.0. The van der Waals surface area contributed by atoms with Crippen LogP contribution >= 0.6 is 11.6 Å². The Hall–Kier alpha value is -4.47. The molecule has 3 N–H and O–H groups in total. The first-order valence-corrected chi connectivity index (χ1v) is 20.7. The summed E-state index contributed by atoms with van der Waals surface area (Å²) < 4.78 is 0. The molecule has 0 spiro atoms. The van der Waals surface area contributed by atoms with Crippen LogP contribution in [0.15, 0.2) is 89.6 Å². The molecule has 55 heavy (non-hydrogen) atoms. The number of hydrogen-bond donors (Lipinski definition) is 3. The highest BCUT2D eigenvalue weighted by molar-refractivity contribution is 6.33. The first kappa shape index (κ1) is 46.7. The quantitative estimate of drug-likeness (QED) is 0.0781. The van der Waals surface area contributed by atoms with E-state index in [2.05, 4.69) is 65.7 Å². The Morgan fingerprint density at radius 1 is 0.873 bits per heavy atom. The van der Waals surface area contributed by atoms with Crippen molar-refractivity contribution in [1.82, 2.24) is 25.5 Å². The van der Waals surface area contributed by atoms with E-state index in [1.165, 1.54) is 24.8 Å². The Balaban J connectivity index is 0.000000629. The zero-order chi connectivity index (χ0) is 40.4. The number of nitrogens with one attached hydrogen (secondary N) is 3. The number of nitrogens with zero attached hydrogens (tertiary/aromatic N) is 4. The van der Waals surface area contributed by atoms with Gasteiger partial charge in [-0.05, 0) is 86.7 Å². The SMILES string of the molecule is CC.CCCC=C1C(NC=O)=CC(c2cccc(-c3cccc(C(=O)NCCN(CCC)CCCCC)c3)c2)=NN1CC.CCCc1cncc(Cl)c1NC. The molecule has 0 saturated carbocycles. The second-order valence-electron chi connectivity index (χ2n) is 13.0. The van der Waals surface area contributed by atoms with Gasteiger partial charge in [0, 0.05) is 50.2 Å². The van der Waals surface area contributed by atoms with E-state index in [0.29, 0.717) is 30.1 Å². The highest BCUT2D eigenvalue weighted by Gasteiger charge is 2.20. The van der Waals surface area contributed by atoms with Gasteiger partial charge in [-0.2, -0.15) is 5.10 Å². The molecule has 10 heteroatoms. The summed E-state index contributed by atoms with van der Waals surface area (Å²) in [6.07, 6.45) is 17.1. The molecular weight excluding hydrogens is 706 g/mol. The zero-order valence-electron chi connectivity index (χ0n) is 34.7. The van der Waals surface area contributed by atoms with Crippen LogP contribution in [0, 0.1) is 0 Å². The predicted octanol–water partition coefficient (Wildman–Crippen LogP) is 10.1. The van der Waals surface area contributed by atoms with Crippen molar-refractivity contribution in [3.05, 3.63) is 106 Å². The summed E-state index contributed by atoms with van der Waals surface area (Å²) in [6.45, 7) is 19.1. The van der Waals surface area contributed by atoms with Crippen LogP contribution in [0.25, 0.3) is 11.1 Å². The van der Waals surface area contributed by atoms with Gasteiger partial charge in [-0.25, -0.2) is 0 Å². The van der Waals surface area contributed by atoms with Gasteiger partial charge in [0.15, 0.2) is 0 Å². The standard InChI is InChI=1S/C34H47N5O2.C9H13ClN2.C2H6/c1-5-9-11-21-38(20-7-3)22-19-35-34(41)30-17-13-15-28(24-30)27-14-12-16-29(23-27)31-25-32(36-26-40)33(18-10-6-2)39(8-4)37-31;1-3-4-7-5-12-6-8(10)9(7)11-2;1-2/h12-18,23-26H,5-11,19-22H2,1-4H3,(H,35,41)(H,36,40);5-6H,3-4H2,1-2H3,(H,11,12);1-2H3. The van der Waals surface area contributed by atoms with Crippen molar-refractivity contribution in [2.24, 2.45) is 5.10 Å². The monoisotopic (exact) mass is 771 g/mol. The van der Waals surface area contributed by atoms with Gasteiger partial charge in [-0.1, -0.05) is 115 Å². The molecule has 2 heterocycles. The maximum Gasteiger partial charge on any atom is 0.251 e. The smallest absolute Gasteiger partial charge is 0.251 e. The predicted molar refractivity (Wildman–Crippen MR) is 234 cm³/mol. The minimum absolute atomic E-state index is 0.0536. The number of carbonyl (C=O) groups excluding carboxylic acids is 2. The number of benzene rings is 2. The van der Waals surface area contributed by atoms with E-state index in [1.54, 1.807) is 6.20 Å². The summed E-state index contributed by atoms with van der Waals surface area (Å²) in [4.78, 5) is 30.9. The van der Waals surface area contributed by atoms with Gasteiger partial charge in [0.2, 0.25) is 6.41 Å². The van der Waals surface area contributed by atoms with Crippen LogP contribution < -0.4 is 16.0 Å². The fourth-order valence-corrected chi connectivity index (χ4v) is 6.47. The summed E-state index contributed by atoms with van der Waals surface area (Å²) in [5, 5.41) is 16.6. The zero-order valence-corrected chi connectivity index (χ0v) is 35.4. The van der Waals surface area contributed by atoms with E-state index < -0.39 is 0 Å². The third-order valence-electron chi connectivity index (χ3n) is 8.90. The number of aromatic nitrogens is 1. The molecule has 1 aliphatic heterocycles. The van der Waals surface area contributed by atoms with Crippen molar-refractivity contribution >= 4 is 35.3 Å². The molecule has 9 nitrogen and oxygen atoms in total. The average molecular weight is 773 g/mol. The fourth-order valence-electron chi connectivity index (χ4n) is 6.20. The number of hydrazone groups is 1. The normalized spacial score (nSPS) is 12.8. The number of hydrogen-bond acceptors (Lipinski definition) is 7. The number of anilines is 1. The number of likely N-dealkylation sites (N-methyl/N-ethyl adjacent to an activating group) is 1. The lowest BCUT2D eigenvalue weighted by Crippen LogP contribution is -2.36. The Morgan fingerprint density at radius 2 is 1.60 bits per heavy atom. The number of amides is 2. The van der Waals surface area contributed by atoms with Crippen LogP contribution in [0.1, 0.15) is 115 Å². The van der Waals surface area contributed by atoms with Gasteiger partial charge in [0.05, 0.1) is 27.8 Å². The lowest BCUT2D eigenvalue weighted by Gasteiger charge is -2.27. The van der Waals surface area contributed by atoms with Gasteiger partial charge in [-0.3, -0.25) is 19.6 Å². The Morgan fingerprint density at radius 3 is 2.25 bits per heavy atom. The number of allylic oxidation sites excluding steroid dienone is 2. The second kappa shape index (κ2) is 27.2. The molecule has 3 aromatic rings. The Kier molecular flexibility index (Phi) is 23.1. The number of carbonyl (C=O) groups is 2. The minimum atomic E-state index is -0.0536. The summed E-state index contributed by atoms with van der Waals surface area (Å²) >= 11 is 5.94. The lowest BCUT2D eigenvalue weighted by molar-refractivity contribution is -0.108. The van der Waals surface area contributed by atoms with Crippen LogP contribution in [-0.4, -0.2) is 72.7 Å². The average Bonchev–Trinajstić information content (AvgIpc) is 3.21. The molecule has 0 saturated heterocycles. The van der Waals surface area contributed by atoms with Crippen molar-refractivity contribution in [2.75, 3.05) is 45.1 Å². The van der Waals surface area contributed by atoms with E-state index in [0.717, 1.165) is 91.2 Å². The molecule has 0 atom stereocenters. The molecule has 0 fully saturated rings.